The number of carbonyl (C=O) groups excluding carboxylic acids is 1. The van der Waals surface area contributed by atoms with E-state index < -0.39 is 0 Å². The summed E-state index contributed by atoms with van der Waals surface area (Å²) in [5, 5.41) is 0. The van der Waals surface area contributed by atoms with Crippen LogP contribution in [0.5, 0.6) is 0 Å². The molecule has 0 aliphatic heterocycles. The summed E-state index contributed by atoms with van der Waals surface area (Å²) >= 11 is 1.74. The van der Waals surface area contributed by atoms with Crippen LogP contribution in [0, 0.1) is 12.3 Å². The Hall–Kier alpha value is -0.580. The predicted molar refractivity (Wildman–Crippen MR) is 84.8 cm³/mol. The van der Waals surface area contributed by atoms with Crippen molar-refractivity contribution in [1.29, 1.82) is 0 Å². The lowest BCUT2D eigenvalue weighted by atomic mass is 9.81. The van der Waals surface area contributed by atoms with Gasteiger partial charge < -0.3 is 10.6 Å². The molecule has 0 aromatic carbocycles. The number of halogens is 1. The van der Waals surface area contributed by atoms with Gasteiger partial charge in [0.1, 0.15) is 0 Å². The zero-order valence-corrected chi connectivity index (χ0v) is 13.9. The van der Waals surface area contributed by atoms with Gasteiger partial charge in [-0.3, -0.25) is 4.79 Å². The number of carbonyl (C=O) groups is 1. The minimum atomic E-state index is -0.388. The first-order valence-corrected chi connectivity index (χ1v) is 7.31. The lowest BCUT2D eigenvalue weighted by Gasteiger charge is -2.33. The molecule has 0 radical (unpaired) electrons. The highest BCUT2D eigenvalue weighted by Gasteiger charge is 2.35. The second-order valence-corrected chi connectivity index (χ2v) is 6.24. The lowest BCUT2D eigenvalue weighted by molar-refractivity contribution is -0.141. The maximum atomic E-state index is 12.5. The Bertz CT molecular complexity index is 394. The van der Waals surface area contributed by atoms with Crippen molar-refractivity contribution in [1.82, 2.24) is 4.90 Å². The van der Waals surface area contributed by atoms with Crippen LogP contribution in [0.2, 0.25) is 0 Å². The Morgan fingerprint density at radius 2 is 1.95 bits per heavy atom. The van der Waals surface area contributed by atoms with E-state index in [0.29, 0.717) is 13.1 Å². The third-order valence-electron chi connectivity index (χ3n) is 3.73. The van der Waals surface area contributed by atoms with E-state index in [9.17, 15) is 4.79 Å². The van der Waals surface area contributed by atoms with Crippen LogP contribution in [-0.4, -0.2) is 24.4 Å². The Kier molecular flexibility index (Phi) is 7.64. The summed E-state index contributed by atoms with van der Waals surface area (Å²) < 4.78 is 0. The SMILES string of the molecule is CCC(CC)(CN)C(=O)N(C)Cc1ccc(C)s1.Cl. The van der Waals surface area contributed by atoms with E-state index >= 15 is 0 Å². The number of rotatable bonds is 6. The van der Waals surface area contributed by atoms with Gasteiger partial charge in [0.2, 0.25) is 5.91 Å². The van der Waals surface area contributed by atoms with E-state index in [-0.39, 0.29) is 23.7 Å². The summed E-state index contributed by atoms with van der Waals surface area (Å²) in [4.78, 5) is 16.8. The fourth-order valence-corrected chi connectivity index (χ4v) is 3.15. The molecule has 3 nitrogen and oxygen atoms in total. The normalized spacial score (nSPS) is 11.0. The van der Waals surface area contributed by atoms with Crippen molar-refractivity contribution in [2.45, 2.75) is 40.2 Å². The Morgan fingerprint density at radius 3 is 2.32 bits per heavy atom. The molecule has 1 amide bonds. The summed E-state index contributed by atoms with van der Waals surface area (Å²) in [6, 6.07) is 4.18. The number of thiophene rings is 1. The molecular formula is C14H25ClN2OS. The number of aryl methyl sites for hydroxylation is 1. The molecule has 19 heavy (non-hydrogen) atoms. The molecule has 0 spiro atoms. The Balaban J connectivity index is 0.00000324. The first-order valence-electron chi connectivity index (χ1n) is 6.50. The van der Waals surface area contributed by atoms with E-state index in [1.165, 1.54) is 9.75 Å². The molecule has 0 saturated heterocycles. The van der Waals surface area contributed by atoms with E-state index in [1.54, 1.807) is 11.3 Å². The van der Waals surface area contributed by atoms with Crippen molar-refractivity contribution in [3.05, 3.63) is 21.9 Å². The maximum Gasteiger partial charge on any atom is 0.230 e. The van der Waals surface area contributed by atoms with Crippen LogP contribution in [-0.2, 0) is 11.3 Å². The van der Waals surface area contributed by atoms with Crippen molar-refractivity contribution < 1.29 is 4.79 Å². The van der Waals surface area contributed by atoms with Crippen molar-refractivity contribution in [3.63, 3.8) is 0 Å². The van der Waals surface area contributed by atoms with Crippen LogP contribution in [0.3, 0.4) is 0 Å². The Labute approximate surface area is 126 Å². The molecule has 2 N–H and O–H groups in total. The van der Waals surface area contributed by atoms with Gasteiger partial charge in [-0.1, -0.05) is 13.8 Å². The van der Waals surface area contributed by atoms with Crippen LogP contribution in [0.1, 0.15) is 36.4 Å². The predicted octanol–water partition coefficient (Wildman–Crippen LogP) is 3.20. The fourth-order valence-electron chi connectivity index (χ4n) is 2.21. The number of amides is 1. The fraction of sp³-hybridized carbons (Fsp3) is 0.643. The standard InChI is InChI=1S/C14H24N2OS.ClH/c1-5-14(6-2,10-15)13(17)16(4)9-12-8-7-11(3)18-12;/h7-8H,5-6,9-10,15H2,1-4H3;1H. The summed E-state index contributed by atoms with van der Waals surface area (Å²) in [6.07, 6.45) is 1.60. The molecule has 0 unspecified atom stereocenters. The number of nitrogens with two attached hydrogens (primary N) is 1. The zero-order chi connectivity index (χ0) is 13.8. The number of hydrogen-bond acceptors (Lipinski definition) is 3. The molecule has 0 saturated carbocycles. The topological polar surface area (TPSA) is 46.3 Å². The molecule has 0 aliphatic carbocycles. The van der Waals surface area contributed by atoms with Crippen LogP contribution in [0.25, 0.3) is 0 Å². The minimum Gasteiger partial charge on any atom is -0.340 e. The summed E-state index contributed by atoms with van der Waals surface area (Å²) in [7, 11) is 1.87. The van der Waals surface area contributed by atoms with Crippen LogP contribution in [0.15, 0.2) is 12.1 Å². The summed E-state index contributed by atoms with van der Waals surface area (Å²) in [5.41, 5.74) is 5.43. The van der Waals surface area contributed by atoms with Gasteiger partial charge in [-0.2, -0.15) is 0 Å². The summed E-state index contributed by atoms with van der Waals surface area (Å²) in [6.45, 7) is 7.26. The zero-order valence-electron chi connectivity index (χ0n) is 12.2. The second-order valence-electron chi connectivity index (χ2n) is 4.87. The maximum absolute atomic E-state index is 12.5. The van der Waals surface area contributed by atoms with Gasteiger partial charge in [0.05, 0.1) is 12.0 Å². The van der Waals surface area contributed by atoms with Crippen molar-refractivity contribution in [2.75, 3.05) is 13.6 Å². The number of nitrogens with zero attached hydrogens (tertiary/aromatic N) is 1. The smallest absolute Gasteiger partial charge is 0.230 e. The highest BCUT2D eigenvalue weighted by atomic mass is 35.5. The van der Waals surface area contributed by atoms with Gasteiger partial charge in [-0.05, 0) is 31.9 Å². The van der Waals surface area contributed by atoms with E-state index in [2.05, 4.69) is 19.1 Å². The van der Waals surface area contributed by atoms with Gasteiger partial charge in [-0.15, -0.1) is 23.7 Å². The van der Waals surface area contributed by atoms with Crippen LogP contribution < -0.4 is 5.73 Å². The molecule has 5 heteroatoms. The van der Waals surface area contributed by atoms with E-state index in [0.717, 1.165) is 12.8 Å². The molecule has 0 bridgehead atoms. The average molecular weight is 305 g/mol. The van der Waals surface area contributed by atoms with E-state index in [4.69, 9.17) is 5.73 Å². The van der Waals surface area contributed by atoms with Crippen molar-refractivity contribution in [3.8, 4) is 0 Å². The molecular weight excluding hydrogens is 280 g/mol. The molecule has 0 aliphatic rings. The highest BCUT2D eigenvalue weighted by Crippen LogP contribution is 2.28. The molecule has 0 fully saturated rings. The molecule has 1 aromatic rings. The van der Waals surface area contributed by atoms with Gasteiger partial charge in [-0.25, -0.2) is 0 Å². The summed E-state index contributed by atoms with van der Waals surface area (Å²) in [5.74, 6) is 0.168. The Morgan fingerprint density at radius 1 is 1.37 bits per heavy atom. The van der Waals surface area contributed by atoms with Crippen molar-refractivity contribution in [2.24, 2.45) is 11.1 Å². The quantitative estimate of drug-likeness (QED) is 0.877. The van der Waals surface area contributed by atoms with Crippen LogP contribution in [0.4, 0.5) is 0 Å². The van der Waals surface area contributed by atoms with Crippen molar-refractivity contribution >= 4 is 29.7 Å². The highest BCUT2D eigenvalue weighted by molar-refractivity contribution is 7.11. The minimum absolute atomic E-state index is 0. The van der Waals surface area contributed by atoms with Gasteiger partial charge >= 0.3 is 0 Å². The second kappa shape index (κ2) is 7.88. The third-order valence-corrected chi connectivity index (χ3v) is 4.72. The number of hydrogen-bond donors (Lipinski definition) is 1. The first kappa shape index (κ1) is 18.4. The molecule has 1 aromatic heterocycles. The average Bonchev–Trinajstić information content (AvgIpc) is 2.77. The third kappa shape index (κ3) is 4.20. The molecule has 0 atom stereocenters. The van der Waals surface area contributed by atoms with Gasteiger partial charge in [0.25, 0.3) is 0 Å². The van der Waals surface area contributed by atoms with Crippen LogP contribution >= 0.6 is 23.7 Å². The molecule has 1 heterocycles. The van der Waals surface area contributed by atoms with Gasteiger partial charge in [0, 0.05) is 23.3 Å². The lowest BCUT2D eigenvalue weighted by Crippen LogP contribution is -2.45. The molecule has 110 valence electrons. The van der Waals surface area contributed by atoms with Gasteiger partial charge in [0.15, 0.2) is 0 Å². The largest absolute Gasteiger partial charge is 0.340 e. The first-order chi connectivity index (χ1) is 8.49. The van der Waals surface area contributed by atoms with E-state index in [1.807, 2.05) is 25.8 Å². The monoisotopic (exact) mass is 304 g/mol. The molecule has 1 rings (SSSR count).